The first-order valence-corrected chi connectivity index (χ1v) is 10.7. The Morgan fingerprint density at radius 3 is 2.17 bits per heavy atom. The third-order valence-electron chi connectivity index (χ3n) is 9.00. The second kappa shape index (κ2) is 5.66. The molecular weight excluding hydrogens is 380 g/mol. The number of rotatable bonds is 2. The molecule has 1 saturated carbocycles. The third kappa shape index (κ3) is 1.64. The van der Waals surface area contributed by atoms with Crippen LogP contribution in [0.25, 0.3) is 0 Å². The van der Waals surface area contributed by atoms with Gasteiger partial charge in [0.25, 0.3) is 0 Å². The highest BCUT2D eigenvalue weighted by Gasteiger charge is 2.89. The van der Waals surface area contributed by atoms with Crippen LogP contribution in [0, 0.1) is 10.8 Å². The molecule has 3 aliphatic heterocycles. The average Bonchev–Trinajstić information content (AvgIpc) is 3.02. The topological polar surface area (TPSA) is 93.0 Å². The predicted molar refractivity (Wildman–Crippen MR) is 109 cm³/mol. The molecule has 7 atom stereocenters. The smallest absolute Gasteiger partial charge is 0.102 e. The standard InChI is InChI=1S/C23H28N4O3/c1-26-13-20-11-17(28)21(14-26,19(20)30)23(16-8-4-6-10-25-16)18(29)12-22(20,27(23)2)15-7-3-5-9-24-15/h3-10,17-19,28-30H,11-14H2,1-2H3. The monoisotopic (exact) mass is 408 g/mol. The zero-order chi connectivity index (χ0) is 20.9. The fourth-order valence-corrected chi connectivity index (χ4v) is 8.31. The van der Waals surface area contributed by atoms with E-state index < -0.39 is 40.2 Å². The summed E-state index contributed by atoms with van der Waals surface area (Å²) in [5.41, 5.74) is -1.81. The summed E-state index contributed by atoms with van der Waals surface area (Å²) in [5.74, 6) is 0. The van der Waals surface area contributed by atoms with Crippen molar-refractivity contribution in [1.29, 1.82) is 0 Å². The van der Waals surface area contributed by atoms with E-state index in [0.29, 0.717) is 31.6 Å². The largest absolute Gasteiger partial charge is 0.392 e. The number of likely N-dealkylation sites (tertiary alicyclic amines) is 1. The van der Waals surface area contributed by atoms with Crippen LogP contribution in [0.15, 0.2) is 48.8 Å². The lowest BCUT2D eigenvalue weighted by molar-refractivity contribution is -0.265. The molecule has 158 valence electrons. The first-order valence-electron chi connectivity index (χ1n) is 10.7. The van der Waals surface area contributed by atoms with Crippen LogP contribution in [0.2, 0.25) is 0 Å². The number of aliphatic hydroxyl groups is 3. The quantitative estimate of drug-likeness (QED) is 0.659. The Labute approximate surface area is 176 Å². The summed E-state index contributed by atoms with van der Waals surface area (Å²) in [6, 6.07) is 11.5. The Morgan fingerprint density at radius 1 is 0.867 bits per heavy atom. The van der Waals surface area contributed by atoms with Gasteiger partial charge in [-0.15, -0.1) is 0 Å². The van der Waals surface area contributed by atoms with Crippen molar-refractivity contribution in [2.24, 2.45) is 10.8 Å². The second-order valence-corrected chi connectivity index (χ2v) is 9.83. The molecular formula is C23H28N4O3. The maximum absolute atomic E-state index is 12.0. The molecule has 3 N–H and O–H groups in total. The highest BCUT2D eigenvalue weighted by Crippen LogP contribution is 2.78. The average molecular weight is 409 g/mol. The first-order chi connectivity index (χ1) is 14.4. The number of aliphatic hydroxyl groups excluding tert-OH is 3. The molecule has 30 heavy (non-hydrogen) atoms. The van der Waals surface area contributed by atoms with E-state index in [1.807, 2.05) is 50.5 Å². The molecule has 4 bridgehead atoms. The minimum Gasteiger partial charge on any atom is -0.392 e. The van der Waals surface area contributed by atoms with Crippen molar-refractivity contribution in [3.8, 4) is 0 Å². The summed E-state index contributed by atoms with van der Waals surface area (Å²) in [5, 5.41) is 35.5. The highest BCUT2D eigenvalue weighted by molar-refractivity contribution is 5.46. The number of fused-ring (bicyclic) bond motifs is 2. The molecule has 7 heteroatoms. The van der Waals surface area contributed by atoms with Crippen LogP contribution < -0.4 is 0 Å². The molecule has 4 fully saturated rings. The van der Waals surface area contributed by atoms with Crippen molar-refractivity contribution in [2.75, 3.05) is 27.2 Å². The van der Waals surface area contributed by atoms with E-state index in [9.17, 15) is 15.3 Å². The van der Waals surface area contributed by atoms with Crippen molar-refractivity contribution in [2.45, 2.75) is 42.2 Å². The third-order valence-corrected chi connectivity index (χ3v) is 9.00. The number of hydrogen-bond donors (Lipinski definition) is 3. The Balaban J connectivity index is 1.75. The van der Waals surface area contributed by atoms with Crippen molar-refractivity contribution >= 4 is 0 Å². The molecule has 6 rings (SSSR count). The zero-order valence-electron chi connectivity index (χ0n) is 17.3. The molecule has 7 unspecified atom stereocenters. The van der Waals surface area contributed by atoms with Gasteiger partial charge >= 0.3 is 0 Å². The lowest BCUT2D eigenvalue weighted by atomic mass is 9.53. The number of nitrogens with zero attached hydrogens (tertiary/aromatic N) is 4. The Kier molecular flexibility index (Phi) is 3.56. The van der Waals surface area contributed by atoms with Crippen LogP contribution in [0.4, 0.5) is 0 Å². The summed E-state index contributed by atoms with van der Waals surface area (Å²) in [6.45, 7) is 1.13. The maximum Gasteiger partial charge on any atom is 0.102 e. The molecule has 3 saturated heterocycles. The Hall–Kier alpha value is -1.90. The number of hydrogen-bond acceptors (Lipinski definition) is 7. The molecule has 0 spiro atoms. The number of pyridine rings is 2. The van der Waals surface area contributed by atoms with E-state index in [-0.39, 0.29) is 0 Å². The number of aromatic nitrogens is 2. The lowest BCUT2D eigenvalue weighted by Gasteiger charge is -2.68. The zero-order valence-corrected chi connectivity index (χ0v) is 17.3. The van der Waals surface area contributed by atoms with Crippen LogP contribution in [0.3, 0.4) is 0 Å². The Morgan fingerprint density at radius 2 is 1.53 bits per heavy atom. The van der Waals surface area contributed by atoms with Crippen LogP contribution in [-0.2, 0) is 11.1 Å². The summed E-state index contributed by atoms with van der Waals surface area (Å²) in [4.78, 5) is 13.9. The molecule has 1 aliphatic carbocycles. The van der Waals surface area contributed by atoms with Crippen LogP contribution in [0.1, 0.15) is 24.2 Å². The normalized spacial score (nSPS) is 47.6. The molecule has 0 amide bonds. The van der Waals surface area contributed by atoms with E-state index >= 15 is 0 Å². The highest BCUT2D eigenvalue weighted by atomic mass is 16.3. The molecule has 0 aromatic carbocycles. The minimum atomic E-state index is -1.03. The van der Waals surface area contributed by atoms with Crippen molar-refractivity contribution in [1.82, 2.24) is 19.8 Å². The van der Waals surface area contributed by atoms with Crippen molar-refractivity contribution in [3.05, 3.63) is 60.2 Å². The van der Waals surface area contributed by atoms with Crippen LogP contribution in [0.5, 0.6) is 0 Å². The van der Waals surface area contributed by atoms with Crippen LogP contribution in [-0.4, -0.2) is 80.6 Å². The van der Waals surface area contributed by atoms with Gasteiger partial charge in [0, 0.05) is 37.3 Å². The predicted octanol–water partition coefficient (Wildman–Crippen LogP) is 0.321. The van der Waals surface area contributed by atoms with Gasteiger partial charge in [-0.05, 0) is 44.8 Å². The molecule has 7 nitrogen and oxygen atoms in total. The number of likely N-dealkylation sites (N-methyl/N-ethyl adjacent to an activating group) is 1. The van der Waals surface area contributed by atoms with E-state index in [1.54, 1.807) is 12.4 Å². The van der Waals surface area contributed by atoms with Gasteiger partial charge in [0.05, 0.1) is 40.7 Å². The summed E-state index contributed by atoms with van der Waals surface area (Å²) >= 11 is 0. The summed E-state index contributed by atoms with van der Waals surface area (Å²) in [7, 11) is 4.07. The fraction of sp³-hybridized carbons (Fsp3) is 0.565. The lowest BCUT2D eigenvalue weighted by Crippen LogP contribution is -2.79. The maximum atomic E-state index is 12.0. The second-order valence-electron chi connectivity index (χ2n) is 9.83. The van der Waals surface area contributed by atoms with Crippen molar-refractivity contribution in [3.63, 3.8) is 0 Å². The van der Waals surface area contributed by atoms with Gasteiger partial charge in [0.2, 0.25) is 0 Å². The van der Waals surface area contributed by atoms with Gasteiger partial charge in [-0.3, -0.25) is 14.9 Å². The van der Waals surface area contributed by atoms with Gasteiger partial charge in [-0.1, -0.05) is 12.1 Å². The molecule has 2 aromatic rings. The summed E-state index contributed by atoms with van der Waals surface area (Å²) < 4.78 is 0. The fourth-order valence-electron chi connectivity index (χ4n) is 8.31. The summed E-state index contributed by atoms with van der Waals surface area (Å²) in [6.07, 6.45) is 2.06. The molecule has 2 aromatic heterocycles. The SMILES string of the molecule is CN1CC23CC(O)C(C1)(C2O)C1(c2ccccn2)C(O)CC3(c2ccccn2)N1C. The Bertz CT molecular complexity index is 992. The van der Waals surface area contributed by atoms with Gasteiger partial charge < -0.3 is 20.2 Å². The van der Waals surface area contributed by atoms with Crippen molar-refractivity contribution < 1.29 is 15.3 Å². The molecule has 5 heterocycles. The minimum absolute atomic E-state index is 0.441. The van der Waals surface area contributed by atoms with E-state index in [2.05, 4.69) is 14.8 Å². The van der Waals surface area contributed by atoms with Gasteiger partial charge in [-0.25, -0.2) is 0 Å². The molecule has 0 radical (unpaired) electrons. The van der Waals surface area contributed by atoms with E-state index in [4.69, 9.17) is 4.98 Å². The van der Waals surface area contributed by atoms with E-state index in [1.165, 1.54) is 0 Å². The number of piperidine rings is 2. The van der Waals surface area contributed by atoms with Gasteiger partial charge in [-0.2, -0.15) is 0 Å². The van der Waals surface area contributed by atoms with Gasteiger partial charge in [0.1, 0.15) is 5.54 Å². The van der Waals surface area contributed by atoms with Gasteiger partial charge in [0.15, 0.2) is 0 Å². The molecule has 4 aliphatic rings. The van der Waals surface area contributed by atoms with Crippen LogP contribution >= 0.6 is 0 Å². The van der Waals surface area contributed by atoms with E-state index in [0.717, 1.165) is 5.69 Å². The first kappa shape index (κ1) is 18.8.